The highest BCUT2D eigenvalue weighted by Crippen LogP contribution is 2.22. The lowest BCUT2D eigenvalue weighted by Gasteiger charge is -2.27. The number of rotatable bonds is 5. The van der Waals surface area contributed by atoms with E-state index in [0.29, 0.717) is 11.8 Å². The van der Waals surface area contributed by atoms with Gasteiger partial charge in [0.25, 0.3) is 0 Å². The topological polar surface area (TPSA) is 55.1 Å². The van der Waals surface area contributed by atoms with Crippen LogP contribution in [0.1, 0.15) is 32.6 Å². The van der Waals surface area contributed by atoms with E-state index in [1.54, 1.807) is 23.9 Å². The highest BCUT2D eigenvalue weighted by atomic mass is 32.2. The van der Waals surface area contributed by atoms with Crippen LogP contribution >= 0.6 is 11.8 Å². The fraction of sp³-hybridized carbons (Fsp3) is 0.562. The largest absolute Gasteiger partial charge is 0.353 e. The molecule has 3 nitrogen and oxygen atoms in total. The predicted octanol–water partition coefficient (Wildman–Crippen LogP) is 2.94. The molecule has 1 aromatic rings. The van der Waals surface area contributed by atoms with Crippen molar-refractivity contribution in [2.45, 2.75) is 49.6 Å². The molecule has 3 N–H and O–H groups in total. The minimum atomic E-state index is -0.236. The van der Waals surface area contributed by atoms with Gasteiger partial charge in [-0.25, -0.2) is 4.39 Å². The molecule has 1 unspecified atom stereocenters. The van der Waals surface area contributed by atoms with Crippen LogP contribution in [0.2, 0.25) is 0 Å². The maximum atomic E-state index is 12.8. The number of thioether (sulfide) groups is 1. The van der Waals surface area contributed by atoms with E-state index in [1.165, 1.54) is 12.1 Å². The van der Waals surface area contributed by atoms with Crippen molar-refractivity contribution in [2.75, 3.05) is 5.75 Å². The van der Waals surface area contributed by atoms with Crippen LogP contribution in [0.3, 0.4) is 0 Å². The number of carbonyl (C=O) groups excluding carboxylic acids is 1. The predicted molar refractivity (Wildman–Crippen MR) is 84.7 cm³/mol. The van der Waals surface area contributed by atoms with Crippen LogP contribution in [-0.2, 0) is 4.79 Å². The van der Waals surface area contributed by atoms with Crippen LogP contribution < -0.4 is 11.1 Å². The molecule has 1 saturated carbocycles. The van der Waals surface area contributed by atoms with Gasteiger partial charge in [-0.2, -0.15) is 0 Å². The van der Waals surface area contributed by atoms with Gasteiger partial charge in [0.05, 0.1) is 0 Å². The van der Waals surface area contributed by atoms with Crippen molar-refractivity contribution in [2.24, 2.45) is 11.7 Å². The molecule has 0 aliphatic heterocycles. The lowest BCUT2D eigenvalue weighted by Crippen LogP contribution is -2.42. The number of benzene rings is 1. The lowest BCUT2D eigenvalue weighted by atomic mass is 9.91. The first-order valence-corrected chi connectivity index (χ1v) is 8.47. The van der Waals surface area contributed by atoms with Crippen LogP contribution in [0.15, 0.2) is 29.2 Å². The van der Waals surface area contributed by atoms with Gasteiger partial charge >= 0.3 is 0 Å². The van der Waals surface area contributed by atoms with Gasteiger partial charge in [-0.15, -0.1) is 11.8 Å². The molecule has 1 atom stereocenters. The smallest absolute Gasteiger partial charge is 0.223 e. The normalized spacial score (nSPS) is 23.6. The summed E-state index contributed by atoms with van der Waals surface area (Å²) < 4.78 is 12.8. The Bertz CT molecular complexity index is 458. The summed E-state index contributed by atoms with van der Waals surface area (Å²) in [6.45, 7) is 1.93. The number of carbonyl (C=O) groups is 1. The second-order valence-electron chi connectivity index (χ2n) is 5.79. The van der Waals surface area contributed by atoms with E-state index in [1.807, 2.05) is 6.92 Å². The van der Waals surface area contributed by atoms with Crippen molar-refractivity contribution in [3.05, 3.63) is 30.1 Å². The van der Waals surface area contributed by atoms with Gasteiger partial charge in [0, 0.05) is 28.6 Å². The third kappa shape index (κ3) is 5.32. The molecule has 0 aromatic heterocycles. The zero-order valence-electron chi connectivity index (χ0n) is 12.3. The van der Waals surface area contributed by atoms with Gasteiger partial charge in [0.2, 0.25) is 5.91 Å². The highest BCUT2D eigenvalue weighted by Gasteiger charge is 2.22. The van der Waals surface area contributed by atoms with E-state index in [0.717, 1.165) is 30.6 Å². The summed E-state index contributed by atoms with van der Waals surface area (Å²) in [5.74, 6) is 0.505. The average molecular weight is 310 g/mol. The SMILES string of the molecule is CC(CSc1ccc(F)cc1)C(=O)NC1CCC(N)CC1. The minimum Gasteiger partial charge on any atom is -0.353 e. The molecule has 0 bridgehead atoms. The molecule has 1 amide bonds. The Kier molecular flexibility index (Phi) is 6.06. The van der Waals surface area contributed by atoms with E-state index < -0.39 is 0 Å². The van der Waals surface area contributed by atoms with E-state index >= 15 is 0 Å². The first-order valence-electron chi connectivity index (χ1n) is 7.49. The summed E-state index contributed by atoms with van der Waals surface area (Å²) in [4.78, 5) is 13.1. The molecular formula is C16H23FN2OS. The van der Waals surface area contributed by atoms with Gasteiger partial charge in [-0.3, -0.25) is 4.79 Å². The molecule has 21 heavy (non-hydrogen) atoms. The van der Waals surface area contributed by atoms with Gasteiger partial charge < -0.3 is 11.1 Å². The van der Waals surface area contributed by atoms with Gasteiger partial charge in [0.15, 0.2) is 0 Å². The van der Waals surface area contributed by atoms with E-state index in [4.69, 9.17) is 5.73 Å². The third-order valence-corrected chi connectivity index (χ3v) is 5.15. The van der Waals surface area contributed by atoms with Crippen LogP contribution in [0.4, 0.5) is 4.39 Å². The molecule has 116 valence electrons. The van der Waals surface area contributed by atoms with Crippen LogP contribution in [0.25, 0.3) is 0 Å². The minimum absolute atomic E-state index is 0.0596. The summed E-state index contributed by atoms with van der Waals surface area (Å²) in [6.07, 6.45) is 3.93. The fourth-order valence-corrected chi connectivity index (χ4v) is 3.36. The molecule has 1 aliphatic carbocycles. The summed E-state index contributed by atoms with van der Waals surface area (Å²) in [7, 11) is 0. The molecule has 1 aliphatic rings. The van der Waals surface area contributed by atoms with E-state index in [-0.39, 0.29) is 23.7 Å². The monoisotopic (exact) mass is 310 g/mol. The molecule has 0 heterocycles. The first-order chi connectivity index (χ1) is 10.0. The summed E-state index contributed by atoms with van der Waals surface area (Å²) >= 11 is 1.58. The van der Waals surface area contributed by atoms with Crippen LogP contribution in [0, 0.1) is 11.7 Å². The van der Waals surface area contributed by atoms with E-state index in [9.17, 15) is 9.18 Å². The van der Waals surface area contributed by atoms with Crippen LogP contribution in [0.5, 0.6) is 0 Å². The maximum absolute atomic E-state index is 12.8. The molecule has 0 spiro atoms. The standard InChI is InChI=1S/C16H23FN2OS/c1-11(10-21-15-8-2-12(17)3-9-15)16(20)19-14-6-4-13(18)5-7-14/h2-3,8-9,11,13-14H,4-7,10,18H2,1H3,(H,19,20). The summed E-state index contributed by atoms with van der Waals surface area (Å²) in [5.41, 5.74) is 5.87. The Morgan fingerprint density at radius 1 is 1.33 bits per heavy atom. The van der Waals surface area contributed by atoms with Crippen molar-refractivity contribution in [3.8, 4) is 0 Å². The van der Waals surface area contributed by atoms with Gasteiger partial charge in [-0.1, -0.05) is 6.92 Å². The Balaban J connectivity index is 1.73. The number of halogens is 1. The Hall–Kier alpha value is -1.07. The van der Waals surface area contributed by atoms with Crippen molar-refractivity contribution < 1.29 is 9.18 Å². The number of nitrogens with two attached hydrogens (primary N) is 1. The highest BCUT2D eigenvalue weighted by molar-refractivity contribution is 7.99. The second-order valence-corrected chi connectivity index (χ2v) is 6.88. The quantitative estimate of drug-likeness (QED) is 0.822. The summed E-state index contributed by atoms with van der Waals surface area (Å²) in [5, 5.41) is 3.12. The maximum Gasteiger partial charge on any atom is 0.223 e. The first kappa shape index (κ1) is 16.3. The molecule has 5 heteroatoms. The molecule has 0 saturated heterocycles. The fourth-order valence-electron chi connectivity index (χ4n) is 2.43. The Morgan fingerprint density at radius 3 is 2.57 bits per heavy atom. The van der Waals surface area contributed by atoms with Crippen molar-refractivity contribution in [1.82, 2.24) is 5.32 Å². The van der Waals surface area contributed by atoms with Gasteiger partial charge in [-0.05, 0) is 49.9 Å². The Morgan fingerprint density at radius 2 is 1.95 bits per heavy atom. The number of amides is 1. The van der Waals surface area contributed by atoms with Gasteiger partial charge in [0.1, 0.15) is 5.82 Å². The molecule has 2 rings (SSSR count). The second kappa shape index (κ2) is 7.80. The molecule has 0 radical (unpaired) electrons. The molecule has 1 aromatic carbocycles. The van der Waals surface area contributed by atoms with Crippen molar-refractivity contribution >= 4 is 17.7 Å². The molecular weight excluding hydrogens is 287 g/mol. The molecule has 1 fully saturated rings. The summed E-state index contributed by atoms with van der Waals surface area (Å²) in [6, 6.07) is 6.94. The number of nitrogens with one attached hydrogen (secondary N) is 1. The third-order valence-electron chi connectivity index (χ3n) is 3.88. The Labute approximate surface area is 129 Å². The van der Waals surface area contributed by atoms with E-state index in [2.05, 4.69) is 5.32 Å². The zero-order valence-corrected chi connectivity index (χ0v) is 13.2. The zero-order chi connectivity index (χ0) is 15.2. The van der Waals surface area contributed by atoms with Crippen LogP contribution in [-0.4, -0.2) is 23.7 Å². The average Bonchev–Trinajstić information content (AvgIpc) is 2.48. The lowest BCUT2D eigenvalue weighted by molar-refractivity contribution is -0.124. The van der Waals surface area contributed by atoms with Crippen molar-refractivity contribution in [3.63, 3.8) is 0 Å². The van der Waals surface area contributed by atoms with Crippen molar-refractivity contribution in [1.29, 1.82) is 0 Å². The number of hydrogen-bond acceptors (Lipinski definition) is 3. The number of hydrogen-bond donors (Lipinski definition) is 2.